The lowest BCUT2D eigenvalue weighted by Crippen LogP contribution is -2.52. The van der Waals surface area contributed by atoms with Gasteiger partial charge >= 0.3 is 6.09 Å². The zero-order chi connectivity index (χ0) is 17.9. The van der Waals surface area contributed by atoms with E-state index < -0.39 is 6.09 Å². The highest BCUT2D eigenvalue weighted by molar-refractivity contribution is 5.91. The van der Waals surface area contributed by atoms with Crippen molar-refractivity contribution in [2.24, 2.45) is 5.73 Å². The molecule has 0 spiro atoms. The predicted octanol–water partition coefficient (Wildman–Crippen LogP) is 2.65. The number of nitrogens with two attached hydrogens (primary N) is 1. The molecule has 1 unspecified atom stereocenters. The third-order valence-corrected chi connectivity index (χ3v) is 4.83. The van der Waals surface area contributed by atoms with Crippen molar-refractivity contribution in [3.8, 4) is 5.75 Å². The molecule has 6 nitrogen and oxygen atoms in total. The molecule has 3 aromatic rings. The number of nitrogens with one attached hydrogen (secondary N) is 2. The summed E-state index contributed by atoms with van der Waals surface area (Å²) < 4.78 is 5.11. The summed E-state index contributed by atoms with van der Waals surface area (Å²) in [6.45, 7) is 2.81. The number of aromatic amines is 1. The fraction of sp³-hybridized carbons (Fsp3) is 0.250. The van der Waals surface area contributed by atoms with Crippen molar-refractivity contribution in [3.63, 3.8) is 0 Å². The summed E-state index contributed by atoms with van der Waals surface area (Å²) in [5.41, 5.74) is 8.53. The molecule has 1 aromatic heterocycles. The molecule has 6 heteroatoms. The lowest BCUT2D eigenvalue weighted by atomic mass is 10.0. The van der Waals surface area contributed by atoms with Crippen molar-refractivity contribution in [2.45, 2.75) is 12.5 Å². The molecular formula is C20H22N4O2. The van der Waals surface area contributed by atoms with E-state index in [2.05, 4.69) is 51.6 Å². The van der Waals surface area contributed by atoms with E-state index >= 15 is 0 Å². The summed E-state index contributed by atoms with van der Waals surface area (Å²) in [5.74, 6) is 0.462. The Morgan fingerprint density at radius 1 is 1.23 bits per heavy atom. The van der Waals surface area contributed by atoms with Crippen molar-refractivity contribution >= 4 is 22.7 Å². The second kappa shape index (κ2) is 7.09. The minimum Gasteiger partial charge on any atom is -0.408 e. The van der Waals surface area contributed by atoms with Crippen molar-refractivity contribution < 1.29 is 9.53 Å². The number of fused-ring (bicyclic) bond motifs is 1. The maximum Gasteiger partial charge on any atom is 0.410 e. The molecule has 1 aliphatic rings. The third kappa shape index (κ3) is 3.36. The number of carbonyl (C=O) groups excluding carboxylic acids is 1. The molecule has 2 heterocycles. The fourth-order valence-electron chi connectivity index (χ4n) is 3.62. The van der Waals surface area contributed by atoms with Gasteiger partial charge in [-0.2, -0.15) is 0 Å². The van der Waals surface area contributed by atoms with Gasteiger partial charge in [0, 0.05) is 48.5 Å². The van der Waals surface area contributed by atoms with Crippen LogP contribution in [0, 0.1) is 0 Å². The van der Waals surface area contributed by atoms with Crippen molar-refractivity contribution in [1.29, 1.82) is 0 Å². The van der Waals surface area contributed by atoms with Gasteiger partial charge in [0.1, 0.15) is 0 Å². The number of hydrogen-bond donors (Lipinski definition) is 3. The van der Waals surface area contributed by atoms with Gasteiger partial charge in [0.15, 0.2) is 5.75 Å². The second-order valence-corrected chi connectivity index (χ2v) is 6.54. The van der Waals surface area contributed by atoms with Gasteiger partial charge in [-0.3, -0.25) is 0 Å². The Hall–Kier alpha value is -2.99. The largest absolute Gasteiger partial charge is 0.410 e. The number of ether oxygens (including phenoxy) is 1. The topological polar surface area (TPSA) is 83.4 Å². The molecule has 1 amide bonds. The molecule has 1 aliphatic heterocycles. The maximum absolute atomic E-state index is 11.1. The van der Waals surface area contributed by atoms with Crippen LogP contribution in [0.5, 0.6) is 5.75 Å². The van der Waals surface area contributed by atoms with Crippen LogP contribution in [0.1, 0.15) is 5.56 Å². The quantitative estimate of drug-likeness (QED) is 0.675. The second-order valence-electron chi connectivity index (χ2n) is 6.54. The summed E-state index contributed by atoms with van der Waals surface area (Å²) in [4.78, 5) is 16.7. The van der Waals surface area contributed by atoms with Gasteiger partial charge in [0.25, 0.3) is 0 Å². The van der Waals surface area contributed by atoms with E-state index in [1.54, 1.807) is 6.20 Å². The number of aromatic nitrogens is 1. The lowest BCUT2D eigenvalue weighted by Gasteiger charge is -2.38. The molecule has 134 valence electrons. The molecular weight excluding hydrogens is 328 g/mol. The number of nitrogens with zero attached hydrogens (tertiary/aromatic N) is 1. The van der Waals surface area contributed by atoms with E-state index in [0.29, 0.717) is 11.8 Å². The lowest BCUT2D eigenvalue weighted by molar-refractivity contribution is 0.211. The number of rotatable bonds is 4. The minimum atomic E-state index is -0.805. The molecule has 1 fully saturated rings. The van der Waals surface area contributed by atoms with E-state index in [1.807, 2.05) is 12.1 Å². The summed E-state index contributed by atoms with van der Waals surface area (Å²) >= 11 is 0. The fourth-order valence-corrected chi connectivity index (χ4v) is 3.62. The Labute approximate surface area is 151 Å². The molecule has 0 radical (unpaired) electrons. The van der Waals surface area contributed by atoms with E-state index in [-0.39, 0.29) is 0 Å². The number of primary amides is 1. The van der Waals surface area contributed by atoms with Crippen LogP contribution in [0.3, 0.4) is 0 Å². The van der Waals surface area contributed by atoms with Crippen LogP contribution in [0.15, 0.2) is 54.7 Å². The van der Waals surface area contributed by atoms with E-state index in [0.717, 1.165) is 42.6 Å². The first-order chi connectivity index (χ1) is 12.7. The maximum atomic E-state index is 11.1. The average Bonchev–Trinajstić information content (AvgIpc) is 3.04. The van der Waals surface area contributed by atoms with Gasteiger partial charge in [-0.1, -0.05) is 30.3 Å². The van der Waals surface area contributed by atoms with E-state index in [9.17, 15) is 4.79 Å². The summed E-state index contributed by atoms with van der Waals surface area (Å²) in [6.07, 6.45) is 1.84. The Morgan fingerprint density at radius 2 is 2.08 bits per heavy atom. The SMILES string of the molecule is NC(=O)Oc1c[nH]c2ccc(N3CCNCC3Cc3ccccc3)cc12. The molecule has 1 saturated heterocycles. The van der Waals surface area contributed by atoms with Gasteiger partial charge in [0.2, 0.25) is 0 Å². The average molecular weight is 350 g/mol. The van der Waals surface area contributed by atoms with Gasteiger partial charge in [0.05, 0.1) is 0 Å². The van der Waals surface area contributed by atoms with Gasteiger partial charge in [-0.25, -0.2) is 4.79 Å². The van der Waals surface area contributed by atoms with Crippen molar-refractivity contribution in [1.82, 2.24) is 10.3 Å². The van der Waals surface area contributed by atoms with E-state index in [1.165, 1.54) is 5.56 Å². The highest BCUT2D eigenvalue weighted by atomic mass is 16.5. The number of H-pyrrole nitrogens is 1. The first-order valence-corrected chi connectivity index (χ1v) is 8.80. The normalized spacial score (nSPS) is 17.4. The van der Waals surface area contributed by atoms with Gasteiger partial charge in [-0.05, 0) is 30.2 Å². The molecule has 0 bridgehead atoms. The minimum absolute atomic E-state index is 0.364. The van der Waals surface area contributed by atoms with Crippen LogP contribution in [0.2, 0.25) is 0 Å². The number of amides is 1. The first kappa shape index (κ1) is 16.5. The Kier molecular flexibility index (Phi) is 4.50. The summed E-state index contributed by atoms with van der Waals surface area (Å²) in [5, 5.41) is 4.35. The van der Waals surface area contributed by atoms with Crippen LogP contribution in [-0.4, -0.2) is 36.8 Å². The summed E-state index contributed by atoms with van der Waals surface area (Å²) in [7, 11) is 0. The van der Waals surface area contributed by atoms with E-state index in [4.69, 9.17) is 10.5 Å². The summed E-state index contributed by atoms with van der Waals surface area (Å²) in [6, 6.07) is 17.1. The van der Waals surface area contributed by atoms with Crippen molar-refractivity contribution in [2.75, 3.05) is 24.5 Å². The van der Waals surface area contributed by atoms with Gasteiger partial charge < -0.3 is 25.7 Å². The molecule has 2 aromatic carbocycles. The molecule has 4 rings (SSSR count). The van der Waals surface area contributed by atoms with Crippen molar-refractivity contribution in [3.05, 3.63) is 60.3 Å². The molecule has 0 saturated carbocycles. The van der Waals surface area contributed by atoms with Crippen LogP contribution in [-0.2, 0) is 6.42 Å². The first-order valence-electron chi connectivity index (χ1n) is 8.80. The Morgan fingerprint density at radius 3 is 2.88 bits per heavy atom. The Balaban J connectivity index is 1.64. The monoisotopic (exact) mass is 350 g/mol. The zero-order valence-corrected chi connectivity index (χ0v) is 14.4. The highest BCUT2D eigenvalue weighted by Crippen LogP contribution is 2.31. The van der Waals surface area contributed by atoms with Crippen LogP contribution < -0.4 is 20.7 Å². The van der Waals surface area contributed by atoms with Crippen LogP contribution >= 0.6 is 0 Å². The van der Waals surface area contributed by atoms with Crippen LogP contribution in [0.4, 0.5) is 10.5 Å². The molecule has 1 atom stereocenters. The van der Waals surface area contributed by atoms with Gasteiger partial charge in [-0.15, -0.1) is 0 Å². The van der Waals surface area contributed by atoms with Crippen LogP contribution in [0.25, 0.3) is 10.9 Å². The number of hydrogen-bond acceptors (Lipinski definition) is 4. The highest BCUT2D eigenvalue weighted by Gasteiger charge is 2.23. The molecule has 4 N–H and O–H groups in total. The number of anilines is 1. The number of benzene rings is 2. The third-order valence-electron chi connectivity index (χ3n) is 4.83. The molecule has 0 aliphatic carbocycles. The number of piperazine rings is 1. The predicted molar refractivity (Wildman–Crippen MR) is 103 cm³/mol. The molecule has 26 heavy (non-hydrogen) atoms. The zero-order valence-electron chi connectivity index (χ0n) is 14.4. The Bertz CT molecular complexity index is 907. The smallest absolute Gasteiger partial charge is 0.408 e. The standard InChI is InChI=1S/C20H22N4O2/c21-20(25)26-19-13-23-18-7-6-15(11-17(18)19)24-9-8-22-12-16(24)10-14-4-2-1-3-5-14/h1-7,11,13,16,22-23H,8-10,12H2,(H2,21,25). The number of carbonyl (C=O) groups is 1.